The van der Waals surface area contributed by atoms with Crippen molar-refractivity contribution in [3.63, 3.8) is 0 Å². The third kappa shape index (κ3) is 6.24. The smallest absolute Gasteiger partial charge is 0.426 e. The largest absolute Gasteiger partial charge is 0.434 e. The molecule has 1 spiro atoms. The minimum Gasteiger partial charge on any atom is -0.426 e. The van der Waals surface area contributed by atoms with Crippen LogP contribution in [0.25, 0.3) is 0 Å². The van der Waals surface area contributed by atoms with Gasteiger partial charge in [-0.05, 0) is 55.8 Å². The predicted octanol–water partition coefficient (Wildman–Crippen LogP) is 5.06. The number of amides is 1. The summed E-state index contributed by atoms with van der Waals surface area (Å²) >= 11 is 0. The Kier molecular flexibility index (Phi) is 7.40. The Labute approximate surface area is 189 Å². The van der Waals surface area contributed by atoms with E-state index in [4.69, 9.17) is 0 Å². The summed E-state index contributed by atoms with van der Waals surface area (Å²) in [4.78, 5) is 17.4. The van der Waals surface area contributed by atoms with Crippen LogP contribution >= 0.6 is 0 Å². The number of anilines is 1. The molecule has 3 rings (SSSR count). The molecule has 0 N–H and O–H groups in total. The molecule has 0 aliphatic carbocycles. The first-order chi connectivity index (χ1) is 15.3. The summed E-state index contributed by atoms with van der Waals surface area (Å²) in [5, 5.41) is 0. The van der Waals surface area contributed by atoms with E-state index in [2.05, 4.69) is 45.7 Å². The Hall–Kier alpha value is -2.17. The molecular weight excluding hydrogens is 452 g/mol. The van der Waals surface area contributed by atoms with Gasteiger partial charge in [-0.15, -0.1) is 0 Å². The summed E-state index contributed by atoms with van der Waals surface area (Å²) < 4.78 is 79.8. The maximum atomic E-state index is 12.7. The first-order valence-electron chi connectivity index (χ1n) is 10.9. The number of piperidine rings is 1. The van der Waals surface area contributed by atoms with Gasteiger partial charge in [0.25, 0.3) is 6.10 Å². The van der Waals surface area contributed by atoms with Gasteiger partial charge >= 0.3 is 18.4 Å². The molecule has 1 aromatic rings. The predicted molar refractivity (Wildman–Crippen MR) is 111 cm³/mol. The lowest BCUT2D eigenvalue weighted by atomic mass is 9.78. The molecule has 5 nitrogen and oxygen atoms in total. The van der Waals surface area contributed by atoms with Crippen LogP contribution in [0, 0.1) is 5.41 Å². The number of nitrogens with zero attached hydrogens (tertiary/aromatic N) is 3. The molecule has 0 saturated carbocycles. The maximum absolute atomic E-state index is 12.7. The zero-order valence-electron chi connectivity index (χ0n) is 18.7. The van der Waals surface area contributed by atoms with Crippen LogP contribution in [0.1, 0.15) is 31.7 Å². The van der Waals surface area contributed by atoms with Gasteiger partial charge in [-0.25, -0.2) is 4.79 Å². The summed E-state index contributed by atoms with van der Waals surface area (Å²) in [6, 6.07) is 8.32. The van der Waals surface area contributed by atoms with Gasteiger partial charge in [0, 0.05) is 45.5 Å². The second-order valence-electron chi connectivity index (χ2n) is 8.98. The molecular formula is C22H29F6N3O2. The lowest BCUT2D eigenvalue weighted by molar-refractivity contribution is -0.308. The summed E-state index contributed by atoms with van der Waals surface area (Å²) in [5.41, 5.74) is 2.22. The fourth-order valence-electron chi connectivity index (χ4n) is 4.53. The maximum Gasteiger partial charge on any atom is 0.434 e. The van der Waals surface area contributed by atoms with Crippen molar-refractivity contribution in [3.8, 4) is 0 Å². The zero-order chi connectivity index (χ0) is 24.4. The fraction of sp³-hybridized carbons (Fsp3) is 0.682. The third-order valence-electron chi connectivity index (χ3n) is 6.67. The van der Waals surface area contributed by atoms with Gasteiger partial charge in [0.05, 0.1) is 0 Å². The van der Waals surface area contributed by atoms with Gasteiger partial charge in [-0.3, -0.25) is 4.90 Å². The highest BCUT2D eigenvalue weighted by atomic mass is 19.4. The van der Waals surface area contributed by atoms with Crippen molar-refractivity contribution < 1.29 is 35.9 Å². The third-order valence-corrected chi connectivity index (χ3v) is 6.67. The summed E-state index contributed by atoms with van der Waals surface area (Å²) in [6.45, 7) is 5.54. The van der Waals surface area contributed by atoms with Gasteiger partial charge in [-0.2, -0.15) is 26.3 Å². The number of carbonyl (C=O) groups excluding carboxylic acids is 1. The Morgan fingerprint density at radius 1 is 1.03 bits per heavy atom. The molecule has 2 aliphatic heterocycles. The lowest BCUT2D eigenvalue weighted by Gasteiger charge is -2.39. The van der Waals surface area contributed by atoms with Gasteiger partial charge in [0.1, 0.15) is 0 Å². The molecule has 2 aliphatic rings. The SMILES string of the molecule is CCN(C)c1ccc(CN2CCC3(CCN(C(=O)OC(C(F)(F)F)C(F)(F)F)CC3)C2)cc1. The van der Waals surface area contributed by atoms with E-state index in [0.29, 0.717) is 12.8 Å². The molecule has 11 heteroatoms. The molecule has 0 aromatic heterocycles. The van der Waals surface area contributed by atoms with E-state index >= 15 is 0 Å². The number of benzene rings is 1. The second-order valence-corrected chi connectivity index (χ2v) is 8.98. The van der Waals surface area contributed by atoms with Crippen LogP contribution in [0.2, 0.25) is 0 Å². The van der Waals surface area contributed by atoms with Gasteiger partial charge in [0.2, 0.25) is 0 Å². The standard InChI is InChI=1S/C22H29F6N3O2/c1-3-29(2)17-6-4-16(5-7-17)14-30-11-8-20(15-30)9-12-31(13-10-20)19(32)33-18(21(23,24)25)22(26,27)28/h4-7,18H,3,8-15H2,1-2H3. The molecule has 0 unspecified atom stereocenters. The highest BCUT2D eigenvalue weighted by Gasteiger charge is 2.60. The van der Waals surface area contributed by atoms with Crippen molar-refractivity contribution in [1.29, 1.82) is 0 Å². The number of ether oxygens (including phenoxy) is 1. The van der Waals surface area contributed by atoms with Crippen LogP contribution in [0.15, 0.2) is 24.3 Å². The Balaban J connectivity index is 1.51. The molecule has 0 radical (unpaired) electrons. The normalized spacial score (nSPS) is 19.4. The van der Waals surface area contributed by atoms with Crippen molar-refractivity contribution in [1.82, 2.24) is 9.80 Å². The molecule has 0 bridgehead atoms. The average Bonchev–Trinajstić information content (AvgIpc) is 3.12. The fourth-order valence-corrected chi connectivity index (χ4v) is 4.53. The van der Waals surface area contributed by atoms with Gasteiger partial charge in [0.15, 0.2) is 0 Å². The van der Waals surface area contributed by atoms with Crippen LogP contribution in [-0.2, 0) is 11.3 Å². The number of hydrogen-bond acceptors (Lipinski definition) is 4. The quantitative estimate of drug-likeness (QED) is 0.551. The van der Waals surface area contributed by atoms with E-state index in [1.165, 1.54) is 5.56 Å². The topological polar surface area (TPSA) is 36.0 Å². The summed E-state index contributed by atoms with van der Waals surface area (Å²) in [6.07, 6.45) is -15.2. The molecule has 1 amide bonds. The second kappa shape index (κ2) is 9.60. The molecule has 2 fully saturated rings. The van der Waals surface area contributed by atoms with Crippen LogP contribution in [0.5, 0.6) is 0 Å². The van der Waals surface area contributed by atoms with E-state index in [0.717, 1.165) is 43.2 Å². The van der Waals surface area contributed by atoms with E-state index in [1.54, 1.807) is 0 Å². The van der Waals surface area contributed by atoms with Crippen molar-refractivity contribution in [2.24, 2.45) is 5.41 Å². The Morgan fingerprint density at radius 3 is 2.09 bits per heavy atom. The number of halogens is 6. The van der Waals surface area contributed by atoms with Crippen molar-refractivity contribution in [2.75, 3.05) is 44.7 Å². The summed E-state index contributed by atoms with van der Waals surface area (Å²) in [5.74, 6) is 0. The minimum absolute atomic E-state index is 0.0765. The molecule has 186 valence electrons. The van der Waals surface area contributed by atoms with E-state index in [1.807, 2.05) is 7.05 Å². The highest BCUT2D eigenvalue weighted by Crippen LogP contribution is 2.42. The lowest BCUT2D eigenvalue weighted by Crippen LogP contribution is -2.50. The molecule has 0 atom stereocenters. The number of alkyl halides is 6. The van der Waals surface area contributed by atoms with E-state index < -0.39 is 24.5 Å². The number of hydrogen-bond donors (Lipinski definition) is 0. The van der Waals surface area contributed by atoms with E-state index in [-0.39, 0.29) is 18.5 Å². The number of carbonyl (C=O) groups is 1. The highest BCUT2D eigenvalue weighted by molar-refractivity contribution is 5.68. The Bertz CT molecular complexity index is 790. The summed E-state index contributed by atoms with van der Waals surface area (Å²) in [7, 11) is 2.02. The van der Waals surface area contributed by atoms with E-state index in [9.17, 15) is 31.1 Å². The number of rotatable bonds is 5. The first kappa shape index (κ1) is 25.5. The van der Waals surface area contributed by atoms with Crippen molar-refractivity contribution in [3.05, 3.63) is 29.8 Å². The molecule has 2 heterocycles. The zero-order valence-corrected chi connectivity index (χ0v) is 18.7. The monoisotopic (exact) mass is 481 g/mol. The first-order valence-corrected chi connectivity index (χ1v) is 10.9. The average molecular weight is 481 g/mol. The van der Waals surface area contributed by atoms with Crippen LogP contribution in [0.4, 0.5) is 36.8 Å². The Morgan fingerprint density at radius 2 is 1.58 bits per heavy atom. The van der Waals surface area contributed by atoms with Crippen molar-refractivity contribution >= 4 is 11.8 Å². The molecule has 1 aromatic carbocycles. The van der Waals surface area contributed by atoms with Crippen LogP contribution < -0.4 is 4.90 Å². The van der Waals surface area contributed by atoms with Crippen molar-refractivity contribution in [2.45, 2.75) is 51.2 Å². The van der Waals surface area contributed by atoms with Crippen LogP contribution in [0.3, 0.4) is 0 Å². The number of likely N-dealkylation sites (tertiary alicyclic amines) is 2. The van der Waals surface area contributed by atoms with Crippen LogP contribution in [-0.4, -0.2) is 74.1 Å². The minimum atomic E-state index is -5.71. The van der Waals surface area contributed by atoms with Gasteiger partial charge < -0.3 is 14.5 Å². The molecule has 33 heavy (non-hydrogen) atoms. The molecule has 2 saturated heterocycles. The van der Waals surface area contributed by atoms with Gasteiger partial charge in [-0.1, -0.05) is 12.1 Å².